The highest BCUT2D eigenvalue weighted by Gasteiger charge is 2.35. The van der Waals surface area contributed by atoms with Crippen molar-refractivity contribution in [1.29, 1.82) is 0 Å². The van der Waals surface area contributed by atoms with Crippen LogP contribution in [0, 0.1) is 0 Å². The minimum absolute atomic E-state index is 0.242. The highest BCUT2D eigenvalue weighted by molar-refractivity contribution is 5.98. The minimum atomic E-state index is -0.609. The number of benzene rings is 1. The number of carbonyl (C=O) groups is 1. The van der Waals surface area contributed by atoms with Crippen molar-refractivity contribution >= 4 is 5.97 Å². The lowest BCUT2D eigenvalue weighted by Gasteiger charge is -2.10. The monoisotopic (exact) mass is 224 g/mol. The van der Waals surface area contributed by atoms with E-state index in [2.05, 4.69) is 0 Å². The highest BCUT2D eigenvalue weighted by Crippen LogP contribution is 2.41. The summed E-state index contributed by atoms with van der Waals surface area (Å²) in [5, 5.41) is 9.07. The second-order valence-corrected chi connectivity index (χ2v) is 3.34. The number of ether oxygens (including phenoxy) is 3. The molecule has 1 heterocycles. The summed E-state index contributed by atoms with van der Waals surface area (Å²) < 4.78 is 15.2. The maximum absolute atomic E-state index is 11.6. The first-order valence-electron chi connectivity index (χ1n) is 4.79. The van der Waals surface area contributed by atoms with Crippen LogP contribution in [0.25, 0.3) is 0 Å². The van der Waals surface area contributed by atoms with E-state index in [1.807, 2.05) is 0 Å². The summed E-state index contributed by atoms with van der Waals surface area (Å²) in [4.78, 5) is 11.6. The Kier molecular flexibility index (Phi) is 2.70. The molecule has 0 fully saturated rings. The summed E-state index contributed by atoms with van der Waals surface area (Å²) in [6, 6.07) is 3.38. The third kappa shape index (κ3) is 1.40. The first-order chi connectivity index (χ1) is 7.72. The smallest absolute Gasteiger partial charge is 0.343 e. The standard InChI is InChI=1S/C11H12O5/c1-14-7-4-3-6-8(5-12)16-11(13)9(6)10(7)15-2/h3-4,8,12H,5H2,1-2H3. The van der Waals surface area contributed by atoms with Gasteiger partial charge in [0.1, 0.15) is 5.56 Å². The first kappa shape index (κ1) is 10.8. The van der Waals surface area contributed by atoms with Gasteiger partial charge in [-0.15, -0.1) is 0 Å². The second-order valence-electron chi connectivity index (χ2n) is 3.34. The number of esters is 1. The van der Waals surface area contributed by atoms with Gasteiger partial charge in [0.2, 0.25) is 0 Å². The Labute approximate surface area is 92.5 Å². The van der Waals surface area contributed by atoms with Gasteiger partial charge < -0.3 is 19.3 Å². The van der Waals surface area contributed by atoms with E-state index in [0.717, 1.165) is 0 Å². The fourth-order valence-electron chi connectivity index (χ4n) is 1.81. The maximum atomic E-state index is 11.6. The van der Waals surface area contributed by atoms with Crippen LogP contribution in [-0.2, 0) is 4.74 Å². The summed E-state index contributed by atoms with van der Waals surface area (Å²) in [5.41, 5.74) is 0.964. The molecule has 0 radical (unpaired) electrons. The Balaban J connectivity index is 2.60. The molecule has 0 bridgehead atoms. The molecule has 1 atom stereocenters. The third-order valence-electron chi connectivity index (χ3n) is 2.54. The molecule has 1 aromatic carbocycles. The van der Waals surface area contributed by atoms with E-state index in [1.54, 1.807) is 12.1 Å². The zero-order valence-corrected chi connectivity index (χ0v) is 9.02. The number of aliphatic hydroxyl groups is 1. The van der Waals surface area contributed by atoms with Crippen LogP contribution in [-0.4, -0.2) is 31.9 Å². The van der Waals surface area contributed by atoms with Crippen LogP contribution in [0.1, 0.15) is 22.0 Å². The van der Waals surface area contributed by atoms with Crippen LogP contribution >= 0.6 is 0 Å². The lowest BCUT2D eigenvalue weighted by molar-refractivity contribution is 0.0234. The number of methoxy groups -OCH3 is 2. The fourth-order valence-corrected chi connectivity index (χ4v) is 1.81. The van der Waals surface area contributed by atoms with Crippen molar-refractivity contribution in [3.05, 3.63) is 23.3 Å². The fraction of sp³-hybridized carbons (Fsp3) is 0.364. The van der Waals surface area contributed by atoms with Gasteiger partial charge in [0.25, 0.3) is 0 Å². The van der Waals surface area contributed by atoms with Crippen molar-refractivity contribution in [1.82, 2.24) is 0 Å². The largest absolute Gasteiger partial charge is 0.493 e. The molecule has 0 saturated carbocycles. The molecule has 0 spiro atoms. The molecule has 2 rings (SSSR count). The van der Waals surface area contributed by atoms with Gasteiger partial charge in [-0.05, 0) is 6.07 Å². The van der Waals surface area contributed by atoms with Gasteiger partial charge in [-0.2, -0.15) is 0 Å². The van der Waals surface area contributed by atoms with Gasteiger partial charge >= 0.3 is 5.97 Å². The summed E-state index contributed by atoms with van der Waals surface area (Å²) in [6.07, 6.45) is -0.609. The molecule has 0 aromatic heterocycles. The van der Waals surface area contributed by atoms with E-state index < -0.39 is 12.1 Å². The number of hydrogen-bond acceptors (Lipinski definition) is 5. The number of hydrogen-bond donors (Lipinski definition) is 1. The number of aliphatic hydroxyl groups excluding tert-OH is 1. The van der Waals surface area contributed by atoms with Crippen molar-refractivity contribution in [3.8, 4) is 11.5 Å². The first-order valence-corrected chi connectivity index (χ1v) is 4.79. The van der Waals surface area contributed by atoms with E-state index in [9.17, 15) is 4.79 Å². The minimum Gasteiger partial charge on any atom is -0.493 e. The van der Waals surface area contributed by atoms with Crippen LogP contribution in [0.15, 0.2) is 12.1 Å². The zero-order chi connectivity index (χ0) is 11.7. The Hall–Kier alpha value is -1.75. The van der Waals surface area contributed by atoms with Crippen molar-refractivity contribution in [2.45, 2.75) is 6.10 Å². The molecule has 0 saturated heterocycles. The van der Waals surface area contributed by atoms with E-state index in [0.29, 0.717) is 22.6 Å². The molecule has 0 aliphatic carbocycles. The van der Waals surface area contributed by atoms with Gasteiger partial charge in [0.05, 0.1) is 20.8 Å². The van der Waals surface area contributed by atoms with Gasteiger partial charge in [0.15, 0.2) is 17.6 Å². The van der Waals surface area contributed by atoms with Crippen molar-refractivity contribution < 1.29 is 24.1 Å². The molecule has 16 heavy (non-hydrogen) atoms. The van der Waals surface area contributed by atoms with Gasteiger partial charge in [-0.25, -0.2) is 4.79 Å². The average Bonchev–Trinajstić information content (AvgIpc) is 2.65. The molecular weight excluding hydrogens is 212 g/mol. The highest BCUT2D eigenvalue weighted by atomic mass is 16.6. The maximum Gasteiger partial charge on any atom is 0.343 e. The molecule has 0 amide bonds. The topological polar surface area (TPSA) is 65.0 Å². The second kappa shape index (κ2) is 4.02. The lowest BCUT2D eigenvalue weighted by Crippen LogP contribution is -2.02. The van der Waals surface area contributed by atoms with Gasteiger partial charge in [-0.3, -0.25) is 0 Å². The summed E-state index contributed by atoms with van der Waals surface area (Å²) >= 11 is 0. The van der Waals surface area contributed by atoms with Crippen LogP contribution in [0.5, 0.6) is 11.5 Å². The van der Waals surface area contributed by atoms with Crippen molar-refractivity contribution in [3.63, 3.8) is 0 Å². The number of fused-ring (bicyclic) bond motifs is 1. The van der Waals surface area contributed by atoms with E-state index in [-0.39, 0.29) is 6.61 Å². The SMILES string of the molecule is COc1ccc2c(c1OC)C(=O)OC2CO. The lowest BCUT2D eigenvalue weighted by atomic mass is 10.0. The Morgan fingerprint density at radius 3 is 2.69 bits per heavy atom. The predicted molar refractivity (Wildman–Crippen MR) is 54.8 cm³/mol. The molecule has 5 nitrogen and oxygen atoms in total. The molecule has 1 aliphatic heterocycles. The van der Waals surface area contributed by atoms with Crippen molar-refractivity contribution in [2.75, 3.05) is 20.8 Å². The third-order valence-corrected chi connectivity index (χ3v) is 2.54. The summed E-state index contributed by atoms with van der Waals surface area (Å²) in [5.74, 6) is 0.322. The Morgan fingerprint density at radius 1 is 1.38 bits per heavy atom. The van der Waals surface area contributed by atoms with Crippen LogP contribution in [0.3, 0.4) is 0 Å². The molecule has 1 aromatic rings. The van der Waals surface area contributed by atoms with Gasteiger partial charge in [0, 0.05) is 5.56 Å². The Morgan fingerprint density at radius 2 is 2.12 bits per heavy atom. The molecular formula is C11H12O5. The van der Waals surface area contributed by atoms with Crippen LogP contribution in [0.4, 0.5) is 0 Å². The molecule has 1 aliphatic rings. The normalized spacial score (nSPS) is 17.9. The van der Waals surface area contributed by atoms with E-state index >= 15 is 0 Å². The molecule has 1 N–H and O–H groups in total. The molecule has 5 heteroatoms. The van der Waals surface area contributed by atoms with E-state index in [1.165, 1.54) is 14.2 Å². The Bertz CT molecular complexity index is 427. The summed E-state index contributed by atoms with van der Waals surface area (Å²) in [6.45, 7) is -0.242. The van der Waals surface area contributed by atoms with Crippen LogP contribution in [0.2, 0.25) is 0 Å². The van der Waals surface area contributed by atoms with Crippen LogP contribution < -0.4 is 9.47 Å². The number of rotatable bonds is 3. The molecule has 86 valence electrons. The number of cyclic esters (lactones) is 1. The average molecular weight is 224 g/mol. The zero-order valence-electron chi connectivity index (χ0n) is 9.02. The number of carbonyl (C=O) groups excluding carboxylic acids is 1. The van der Waals surface area contributed by atoms with Crippen molar-refractivity contribution in [2.24, 2.45) is 0 Å². The molecule has 1 unspecified atom stereocenters. The van der Waals surface area contributed by atoms with E-state index in [4.69, 9.17) is 19.3 Å². The predicted octanol–water partition coefficient (Wildman–Crippen LogP) is 0.908. The van der Waals surface area contributed by atoms with Gasteiger partial charge in [-0.1, -0.05) is 6.07 Å². The summed E-state index contributed by atoms with van der Waals surface area (Å²) in [7, 11) is 2.95. The quantitative estimate of drug-likeness (QED) is 0.773.